The highest BCUT2D eigenvalue weighted by Crippen LogP contribution is 2.37. The fraction of sp³-hybridized carbons (Fsp3) is 0.208. The summed E-state index contributed by atoms with van der Waals surface area (Å²) in [4.78, 5) is 13.0. The second-order valence-electron chi connectivity index (χ2n) is 7.90. The maximum atomic E-state index is 13.2. The third kappa shape index (κ3) is 4.05. The van der Waals surface area contributed by atoms with E-state index in [0.717, 1.165) is 22.4 Å². The van der Waals surface area contributed by atoms with Crippen LogP contribution in [-0.2, 0) is 16.4 Å². The first kappa shape index (κ1) is 21.4. The monoisotopic (exact) mass is 454 g/mol. The van der Waals surface area contributed by atoms with Crippen molar-refractivity contribution in [3.05, 3.63) is 87.9 Å². The summed E-state index contributed by atoms with van der Waals surface area (Å²) < 4.78 is 27.9. The predicted octanol–water partition coefficient (Wildman–Crippen LogP) is 5.35. The molecule has 0 fully saturated rings. The molecule has 0 bridgehead atoms. The van der Waals surface area contributed by atoms with Crippen molar-refractivity contribution in [2.24, 2.45) is 0 Å². The lowest BCUT2D eigenvalue weighted by molar-refractivity contribution is 0.102. The van der Waals surface area contributed by atoms with Gasteiger partial charge in [0.05, 0.1) is 10.6 Å². The molecule has 1 heterocycles. The van der Waals surface area contributed by atoms with Crippen LogP contribution in [0.2, 0.25) is 5.02 Å². The lowest BCUT2D eigenvalue weighted by Crippen LogP contribution is -2.35. The summed E-state index contributed by atoms with van der Waals surface area (Å²) in [5, 5.41) is 3.40. The predicted molar refractivity (Wildman–Crippen MR) is 125 cm³/mol. The number of carbonyl (C=O) groups excluding carboxylic acids is 1. The molecule has 3 aromatic rings. The summed E-state index contributed by atoms with van der Waals surface area (Å²) in [7, 11) is -3.73. The Morgan fingerprint density at radius 2 is 1.71 bits per heavy atom. The number of aryl methyl sites for hydroxylation is 2. The smallest absolute Gasteiger partial charge is 0.264 e. The van der Waals surface area contributed by atoms with Gasteiger partial charge in [-0.05, 0) is 98.5 Å². The molecule has 0 unspecified atom stereocenters. The molecule has 5 nitrogen and oxygen atoms in total. The lowest BCUT2D eigenvalue weighted by Gasteiger charge is -2.24. The highest BCUT2D eigenvalue weighted by Gasteiger charge is 2.36. The molecule has 1 N–H and O–H groups in total. The Hall–Kier alpha value is -2.83. The van der Waals surface area contributed by atoms with E-state index < -0.39 is 10.0 Å². The third-order valence-electron chi connectivity index (χ3n) is 5.63. The van der Waals surface area contributed by atoms with Gasteiger partial charge in [0.25, 0.3) is 15.9 Å². The minimum Gasteiger partial charge on any atom is -0.322 e. The Labute approximate surface area is 187 Å². The van der Waals surface area contributed by atoms with E-state index in [1.54, 1.807) is 30.3 Å². The SMILES string of the molecule is Cc1ccc(NC(=O)c2ccc3c(c2)C[C@H](C)N3S(=O)(=O)c2ccc(Cl)cc2)cc1C. The van der Waals surface area contributed by atoms with Gasteiger partial charge in [-0.2, -0.15) is 0 Å². The number of anilines is 2. The molecule has 0 aliphatic carbocycles. The van der Waals surface area contributed by atoms with Gasteiger partial charge in [0, 0.05) is 22.3 Å². The molecular weight excluding hydrogens is 432 g/mol. The Balaban J connectivity index is 1.62. The van der Waals surface area contributed by atoms with Gasteiger partial charge in [0.15, 0.2) is 0 Å². The number of fused-ring (bicyclic) bond motifs is 1. The normalized spacial score (nSPS) is 15.6. The van der Waals surface area contributed by atoms with Gasteiger partial charge in [0.1, 0.15) is 0 Å². The summed E-state index contributed by atoms with van der Waals surface area (Å²) >= 11 is 5.91. The van der Waals surface area contributed by atoms with Crippen LogP contribution in [0.25, 0.3) is 0 Å². The van der Waals surface area contributed by atoms with Crippen molar-refractivity contribution in [3.8, 4) is 0 Å². The van der Waals surface area contributed by atoms with Gasteiger partial charge in [0.2, 0.25) is 0 Å². The van der Waals surface area contributed by atoms with Crippen molar-refractivity contribution in [2.75, 3.05) is 9.62 Å². The van der Waals surface area contributed by atoms with E-state index in [-0.39, 0.29) is 16.8 Å². The van der Waals surface area contributed by atoms with Gasteiger partial charge in [-0.3, -0.25) is 9.10 Å². The molecule has 31 heavy (non-hydrogen) atoms. The van der Waals surface area contributed by atoms with E-state index in [4.69, 9.17) is 11.6 Å². The van der Waals surface area contributed by atoms with Gasteiger partial charge >= 0.3 is 0 Å². The Kier molecular flexibility index (Phi) is 5.54. The third-order valence-corrected chi connectivity index (χ3v) is 7.82. The zero-order valence-electron chi connectivity index (χ0n) is 17.5. The first-order valence-corrected chi connectivity index (χ1v) is 11.8. The average Bonchev–Trinajstić information content (AvgIpc) is 3.06. The summed E-state index contributed by atoms with van der Waals surface area (Å²) in [6.07, 6.45) is 0.535. The second kappa shape index (κ2) is 8.02. The van der Waals surface area contributed by atoms with E-state index in [1.807, 2.05) is 39.0 Å². The number of hydrogen-bond donors (Lipinski definition) is 1. The van der Waals surface area contributed by atoms with E-state index in [1.165, 1.54) is 16.4 Å². The topological polar surface area (TPSA) is 66.5 Å². The number of carbonyl (C=O) groups is 1. The summed E-state index contributed by atoms with van der Waals surface area (Å²) in [6, 6.07) is 16.8. The van der Waals surface area contributed by atoms with Crippen molar-refractivity contribution in [1.82, 2.24) is 0 Å². The van der Waals surface area contributed by atoms with E-state index in [9.17, 15) is 13.2 Å². The van der Waals surface area contributed by atoms with Gasteiger partial charge in [-0.25, -0.2) is 8.42 Å². The van der Waals surface area contributed by atoms with E-state index >= 15 is 0 Å². The largest absolute Gasteiger partial charge is 0.322 e. The summed E-state index contributed by atoms with van der Waals surface area (Å²) in [5.74, 6) is -0.224. The van der Waals surface area contributed by atoms with Crippen molar-refractivity contribution < 1.29 is 13.2 Å². The molecule has 4 rings (SSSR count). The molecule has 0 aromatic heterocycles. The zero-order valence-corrected chi connectivity index (χ0v) is 19.1. The van der Waals surface area contributed by atoms with Crippen LogP contribution < -0.4 is 9.62 Å². The molecular formula is C24H23ClN2O3S. The van der Waals surface area contributed by atoms with Crippen LogP contribution in [0.3, 0.4) is 0 Å². The first-order valence-electron chi connectivity index (χ1n) is 9.98. The number of nitrogens with zero attached hydrogens (tertiary/aromatic N) is 1. The fourth-order valence-electron chi connectivity index (χ4n) is 3.85. The lowest BCUT2D eigenvalue weighted by atomic mass is 10.1. The van der Waals surface area contributed by atoms with E-state index in [0.29, 0.717) is 22.7 Å². The van der Waals surface area contributed by atoms with Crippen LogP contribution >= 0.6 is 11.6 Å². The number of rotatable bonds is 4. The maximum Gasteiger partial charge on any atom is 0.264 e. The minimum absolute atomic E-state index is 0.188. The van der Waals surface area contributed by atoms with Gasteiger partial charge < -0.3 is 5.32 Å². The number of nitrogens with one attached hydrogen (secondary N) is 1. The van der Waals surface area contributed by atoms with Crippen LogP contribution in [0.15, 0.2) is 65.6 Å². The Morgan fingerprint density at radius 1 is 1.00 bits per heavy atom. The van der Waals surface area contributed by atoms with Crippen molar-refractivity contribution in [2.45, 2.75) is 38.1 Å². The van der Waals surface area contributed by atoms with Crippen LogP contribution in [-0.4, -0.2) is 20.4 Å². The van der Waals surface area contributed by atoms with Crippen molar-refractivity contribution in [1.29, 1.82) is 0 Å². The van der Waals surface area contributed by atoms with Crippen LogP contribution in [0.5, 0.6) is 0 Å². The number of benzene rings is 3. The molecule has 1 atom stereocenters. The molecule has 0 radical (unpaired) electrons. The molecule has 3 aromatic carbocycles. The number of halogens is 1. The second-order valence-corrected chi connectivity index (χ2v) is 10.2. The van der Waals surface area contributed by atoms with Crippen molar-refractivity contribution in [3.63, 3.8) is 0 Å². The van der Waals surface area contributed by atoms with Crippen LogP contribution in [0.4, 0.5) is 11.4 Å². The minimum atomic E-state index is -3.73. The number of sulfonamides is 1. The molecule has 0 saturated heterocycles. The quantitative estimate of drug-likeness (QED) is 0.577. The zero-order chi connectivity index (χ0) is 22.3. The molecule has 1 aliphatic rings. The average molecular weight is 455 g/mol. The molecule has 0 saturated carbocycles. The number of amides is 1. The Morgan fingerprint density at radius 3 is 2.39 bits per heavy atom. The van der Waals surface area contributed by atoms with Crippen LogP contribution in [0, 0.1) is 13.8 Å². The van der Waals surface area contributed by atoms with Gasteiger partial charge in [-0.1, -0.05) is 17.7 Å². The Bertz CT molecular complexity index is 1270. The van der Waals surface area contributed by atoms with Crippen molar-refractivity contribution >= 4 is 38.9 Å². The summed E-state index contributed by atoms with van der Waals surface area (Å²) in [6.45, 7) is 5.88. The molecule has 7 heteroatoms. The molecule has 0 spiro atoms. The highest BCUT2D eigenvalue weighted by molar-refractivity contribution is 7.92. The van der Waals surface area contributed by atoms with Gasteiger partial charge in [-0.15, -0.1) is 0 Å². The summed E-state index contributed by atoms with van der Waals surface area (Å²) in [5.41, 5.74) is 4.92. The first-order chi connectivity index (χ1) is 14.7. The molecule has 1 amide bonds. The molecule has 1 aliphatic heterocycles. The number of hydrogen-bond acceptors (Lipinski definition) is 3. The highest BCUT2D eigenvalue weighted by atomic mass is 35.5. The fourth-order valence-corrected chi connectivity index (χ4v) is 5.67. The molecule has 160 valence electrons. The maximum absolute atomic E-state index is 13.2. The standard InChI is InChI=1S/C24H23ClN2O3S/c1-15-4-8-21(12-16(15)2)26-24(28)18-5-11-23-19(14-18)13-17(3)27(23)31(29,30)22-9-6-20(25)7-10-22/h4-12,14,17H,13H2,1-3H3,(H,26,28)/t17-/m0/s1. The van der Waals surface area contributed by atoms with E-state index in [2.05, 4.69) is 5.32 Å². The van der Waals surface area contributed by atoms with Crippen LogP contribution in [0.1, 0.15) is 34.0 Å².